The molecule has 0 spiro atoms. The van der Waals surface area contributed by atoms with E-state index in [1.54, 1.807) is 0 Å². The van der Waals surface area contributed by atoms with Gasteiger partial charge in [-0.1, -0.05) is 0 Å². The zero-order chi connectivity index (χ0) is 9.78. The van der Waals surface area contributed by atoms with Gasteiger partial charge in [-0.25, -0.2) is 0 Å². The maximum atomic E-state index is 11.5. The molecule has 0 aliphatic heterocycles. The molecule has 0 saturated carbocycles. The Morgan fingerprint density at radius 3 is 2.33 bits per heavy atom. The van der Waals surface area contributed by atoms with Crippen molar-refractivity contribution in [1.29, 1.82) is 0 Å². The third-order valence-electron chi connectivity index (χ3n) is 1.25. The second-order valence-corrected chi connectivity index (χ2v) is 5.59. The van der Waals surface area contributed by atoms with Gasteiger partial charge in [0.25, 0.3) is 0 Å². The number of nitrogens with one attached hydrogen (secondary N) is 1. The van der Waals surface area contributed by atoms with Crippen LogP contribution in [0.25, 0.3) is 0 Å². The van der Waals surface area contributed by atoms with Gasteiger partial charge in [0.05, 0.1) is 0 Å². The molecule has 0 aliphatic rings. The fourth-order valence-electron chi connectivity index (χ4n) is 0.612. The van der Waals surface area contributed by atoms with Crippen molar-refractivity contribution in [2.75, 3.05) is 6.61 Å². The highest BCUT2D eigenvalue weighted by Crippen LogP contribution is 2.13. The number of hydrogen-bond acceptors (Lipinski definition) is 3. The molecule has 74 valence electrons. The number of hydrogen-bond donors (Lipinski definition) is 1. The largest absolute Gasteiger partial charge is 0.598 e. The third kappa shape index (κ3) is 4.98. The van der Waals surface area contributed by atoms with Crippen molar-refractivity contribution in [3.8, 4) is 0 Å². The summed E-state index contributed by atoms with van der Waals surface area (Å²) in [4.78, 5) is 0. The van der Waals surface area contributed by atoms with Gasteiger partial charge in [0.2, 0.25) is 0 Å². The van der Waals surface area contributed by atoms with Gasteiger partial charge in [0.15, 0.2) is 0 Å². The fourth-order valence-corrected chi connectivity index (χ4v) is 1.33. The number of ether oxygens (including phenoxy) is 1. The average molecular weight is 193 g/mol. The highest BCUT2D eigenvalue weighted by atomic mass is 32.2. The summed E-state index contributed by atoms with van der Waals surface area (Å²) in [5, 5.41) is 0. The molecule has 0 fully saturated rings. The molecule has 0 radical (unpaired) electrons. The monoisotopic (exact) mass is 193 g/mol. The van der Waals surface area contributed by atoms with Crippen LogP contribution in [0.3, 0.4) is 0 Å². The highest BCUT2D eigenvalue weighted by Gasteiger charge is 2.27. The standard InChI is InChI=1S/C8H19NO2S/c1-6-11-7(2)9-12(10)8(3,4)5/h7,9H,6H2,1-5H3/t7-,12+/m1/s1. The molecule has 3 nitrogen and oxygen atoms in total. The van der Waals surface area contributed by atoms with Crippen molar-refractivity contribution < 1.29 is 9.29 Å². The maximum absolute atomic E-state index is 11.5. The average Bonchev–Trinajstić information content (AvgIpc) is 1.85. The zero-order valence-corrected chi connectivity index (χ0v) is 9.33. The Hall–Kier alpha value is 0.230. The first kappa shape index (κ1) is 12.2. The lowest BCUT2D eigenvalue weighted by atomic mass is 10.3. The van der Waals surface area contributed by atoms with Gasteiger partial charge in [-0.05, 0) is 34.6 Å². The summed E-state index contributed by atoms with van der Waals surface area (Å²) in [6.45, 7) is 10.2. The molecule has 0 amide bonds. The molecule has 0 aliphatic carbocycles. The Bertz CT molecular complexity index is 125. The van der Waals surface area contributed by atoms with Crippen molar-refractivity contribution >= 4 is 11.4 Å². The van der Waals surface area contributed by atoms with E-state index in [0.717, 1.165) is 0 Å². The minimum Gasteiger partial charge on any atom is -0.598 e. The third-order valence-corrected chi connectivity index (χ3v) is 2.90. The van der Waals surface area contributed by atoms with E-state index in [0.29, 0.717) is 6.61 Å². The summed E-state index contributed by atoms with van der Waals surface area (Å²) in [6.07, 6.45) is -0.143. The van der Waals surface area contributed by atoms with Gasteiger partial charge in [0.1, 0.15) is 11.0 Å². The maximum Gasteiger partial charge on any atom is 0.147 e. The molecule has 0 unspecified atom stereocenters. The van der Waals surface area contributed by atoms with Crippen LogP contribution in [0.2, 0.25) is 0 Å². The van der Waals surface area contributed by atoms with Crippen LogP contribution in [0.4, 0.5) is 0 Å². The molecule has 0 saturated heterocycles. The summed E-state index contributed by atoms with van der Waals surface area (Å²) in [5.74, 6) is 0. The molecule has 2 atom stereocenters. The first-order valence-corrected chi connectivity index (χ1v) is 5.32. The van der Waals surface area contributed by atoms with Crippen LogP contribution in [0.15, 0.2) is 0 Å². The minimum atomic E-state index is -1.04. The molecule has 12 heavy (non-hydrogen) atoms. The van der Waals surface area contributed by atoms with Gasteiger partial charge in [-0.3, -0.25) is 0 Å². The van der Waals surface area contributed by atoms with Crippen molar-refractivity contribution in [2.45, 2.75) is 45.6 Å². The molecule has 0 bridgehead atoms. The van der Waals surface area contributed by atoms with Crippen LogP contribution in [-0.2, 0) is 16.1 Å². The predicted molar refractivity (Wildman–Crippen MR) is 52.1 cm³/mol. The van der Waals surface area contributed by atoms with Crippen LogP contribution < -0.4 is 4.72 Å². The van der Waals surface area contributed by atoms with Crippen LogP contribution in [0.5, 0.6) is 0 Å². The van der Waals surface area contributed by atoms with Crippen LogP contribution in [0.1, 0.15) is 34.6 Å². The predicted octanol–water partition coefficient (Wildman–Crippen LogP) is 1.42. The molecule has 0 aromatic heterocycles. The number of rotatable bonds is 4. The van der Waals surface area contributed by atoms with Crippen LogP contribution in [0, 0.1) is 0 Å². The first-order valence-electron chi connectivity index (χ1n) is 4.17. The Balaban J connectivity index is 3.76. The van der Waals surface area contributed by atoms with E-state index < -0.39 is 11.4 Å². The molecule has 4 heteroatoms. The molecule has 0 rings (SSSR count). The van der Waals surface area contributed by atoms with Gasteiger partial charge in [-0.15, -0.1) is 4.72 Å². The lowest BCUT2D eigenvalue weighted by Crippen LogP contribution is -2.44. The van der Waals surface area contributed by atoms with E-state index in [1.807, 2.05) is 34.6 Å². The second kappa shape index (κ2) is 5.07. The van der Waals surface area contributed by atoms with Gasteiger partial charge in [0, 0.05) is 18.0 Å². The quantitative estimate of drug-likeness (QED) is 0.542. The second-order valence-electron chi connectivity index (χ2n) is 3.60. The SMILES string of the molecule is CCO[C@H](C)N[S@@+]([O-])C(C)(C)C. The molecule has 0 aromatic rings. The van der Waals surface area contributed by atoms with Crippen LogP contribution >= 0.6 is 0 Å². The normalized spacial score (nSPS) is 17.5. The Labute approximate surface area is 78.2 Å². The zero-order valence-electron chi connectivity index (χ0n) is 8.51. The topological polar surface area (TPSA) is 44.3 Å². The molecule has 0 aromatic carbocycles. The Morgan fingerprint density at radius 1 is 1.50 bits per heavy atom. The van der Waals surface area contributed by atoms with E-state index in [4.69, 9.17) is 4.74 Å². The van der Waals surface area contributed by atoms with E-state index >= 15 is 0 Å². The summed E-state index contributed by atoms with van der Waals surface area (Å²) in [6, 6.07) is 0. The lowest BCUT2D eigenvalue weighted by Gasteiger charge is -2.26. The summed E-state index contributed by atoms with van der Waals surface area (Å²) in [7, 11) is 0. The Kier molecular flexibility index (Phi) is 5.16. The summed E-state index contributed by atoms with van der Waals surface area (Å²) >= 11 is -1.04. The van der Waals surface area contributed by atoms with E-state index in [2.05, 4.69) is 4.72 Å². The van der Waals surface area contributed by atoms with Crippen molar-refractivity contribution in [1.82, 2.24) is 4.72 Å². The molecular formula is C8H19NO2S. The smallest absolute Gasteiger partial charge is 0.147 e. The first-order chi connectivity index (χ1) is 5.38. The summed E-state index contributed by atoms with van der Waals surface area (Å²) in [5.41, 5.74) is 0. The molecule has 1 N–H and O–H groups in total. The van der Waals surface area contributed by atoms with E-state index in [9.17, 15) is 4.55 Å². The van der Waals surface area contributed by atoms with Gasteiger partial charge in [-0.2, -0.15) is 0 Å². The Morgan fingerprint density at radius 2 is 2.00 bits per heavy atom. The van der Waals surface area contributed by atoms with Crippen molar-refractivity contribution in [3.05, 3.63) is 0 Å². The fraction of sp³-hybridized carbons (Fsp3) is 1.00. The minimum absolute atomic E-state index is 0.143. The van der Waals surface area contributed by atoms with Gasteiger partial charge >= 0.3 is 0 Å². The van der Waals surface area contributed by atoms with E-state index in [1.165, 1.54) is 0 Å². The van der Waals surface area contributed by atoms with E-state index in [-0.39, 0.29) is 11.0 Å². The molecule has 0 heterocycles. The van der Waals surface area contributed by atoms with Crippen LogP contribution in [-0.4, -0.2) is 22.1 Å². The molecular weight excluding hydrogens is 174 g/mol. The summed E-state index contributed by atoms with van der Waals surface area (Å²) < 4.78 is 19.3. The van der Waals surface area contributed by atoms with Gasteiger partial charge < -0.3 is 9.29 Å². The lowest BCUT2D eigenvalue weighted by molar-refractivity contribution is 0.0684. The van der Waals surface area contributed by atoms with Crippen molar-refractivity contribution in [3.63, 3.8) is 0 Å². The highest BCUT2D eigenvalue weighted by molar-refractivity contribution is 7.90. The van der Waals surface area contributed by atoms with Crippen molar-refractivity contribution in [2.24, 2.45) is 0 Å².